The molecule has 0 aliphatic heterocycles. The molecule has 3 rings (SSSR count). The van der Waals surface area contributed by atoms with Crippen molar-refractivity contribution in [3.05, 3.63) is 39.8 Å². The van der Waals surface area contributed by atoms with E-state index in [0.717, 1.165) is 22.8 Å². The van der Waals surface area contributed by atoms with Crippen molar-refractivity contribution in [2.24, 2.45) is 11.0 Å². The van der Waals surface area contributed by atoms with E-state index in [2.05, 4.69) is 22.4 Å². The van der Waals surface area contributed by atoms with Gasteiger partial charge in [-0.15, -0.1) is 11.3 Å². The SMILES string of the molecule is C[C@H]1CCCC/C1=N/Nc1nc(-c2ccc([N+](=O)[O-])cc2)cs1. The van der Waals surface area contributed by atoms with Crippen molar-refractivity contribution in [2.75, 3.05) is 5.43 Å². The van der Waals surface area contributed by atoms with Crippen LogP contribution in [-0.4, -0.2) is 15.6 Å². The summed E-state index contributed by atoms with van der Waals surface area (Å²) in [7, 11) is 0. The minimum Gasteiger partial charge on any atom is -0.258 e. The molecule has 2 aromatic rings. The van der Waals surface area contributed by atoms with Crippen LogP contribution in [0.25, 0.3) is 11.3 Å². The number of benzene rings is 1. The van der Waals surface area contributed by atoms with Gasteiger partial charge in [0.05, 0.1) is 10.6 Å². The molecule has 1 atom stereocenters. The molecule has 0 amide bonds. The van der Waals surface area contributed by atoms with Gasteiger partial charge >= 0.3 is 0 Å². The van der Waals surface area contributed by atoms with Crippen LogP contribution in [0.4, 0.5) is 10.8 Å². The maximum Gasteiger partial charge on any atom is 0.269 e. The molecule has 0 saturated heterocycles. The summed E-state index contributed by atoms with van der Waals surface area (Å²) in [5.74, 6) is 0.533. The quantitative estimate of drug-likeness (QED) is 0.651. The number of hydrogen-bond acceptors (Lipinski definition) is 6. The zero-order chi connectivity index (χ0) is 16.2. The standard InChI is InChI=1S/C16H18N4O2S/c1-11-4-2-3-5-14(11)18-19-16-17-15(10-23-16)12-6-8-13(9-7-12)20(21)22/h6-11H,2-5H2,1H3,(H,17,19)/b18-14-/t11-/m0/s1. The molecule has 23 heavy (non-hydrogen) atoms. The van der Waals surface area contributed by atoms with Gasteiger partial charge in [0.2, 0.25) is 5.13 Å². The van der Waals surface area contributed by atoms with E-state index in [1.807, 2.05) is 5.38 Å². The third kappa shape index (κ3) is 3.73. The number of non-ortho nitro benzene ring substituents is 1. The smallest absolute Gasteiger partial charge is 0.258 e. The number of aromatic nitrogens is 1. The Morgan fingerprint density at radius 3 is 2.83 bits per heavy atom. The molecule has 1 aromatic heterocycles. The third-order valence-electron chi connectivity index (χ3n) is 4.06. The molecule has 1 fully saturated rings. The predicted molar refractivity (Wildman–Crippen MR) is 92.9 cm³/mol. The minimum atomic E-state index is -0.404. The summed E-state index contributed by atoms with van der Waals surface area (Å²) in [6.45, 7) is 2.21. The second kappa shape index (κ2) is 6.87. The van der Waals surface area contributed by atoms with Gasteiger partial charge in [0.1, 0.15) is 0 Å². The Balaban J connectivity index is 1.70. The number of nitrogens with one attached hydrogen (secondary N) is 1. The predicted octanol–water partition coefficient (Wildman–Crippen LogP) is 4.70. The summed E-state index contributed by atoms with van der Waals surface area (Å²) in [4.78, 5) is 14.8. The maximum absolute atomic E-state index is 10.7. The van der Waals surface area contributed by atoms with Gasteiger partial charge in [-0.3, -0.25) is 15.5 Å². The van der Waals surface area contributed by atoms with Gasteiger partial charge < -0.3 is 0 Å². The van der Waals surface area contributed by atoms with Crippen molar-refractivity contribution in [3.63, 3.8) is 0 Å². The highest BCUT2D eigenvalue weighted by Crippen LogP contribution is 2.27. The van der Waals surface area contributed by atoms with E-state index in [1.54, 1.807) is 12.1 Å². The van der Waals surface area contributed by atoms with Gasteiger partial charge in [-0.25, -0.2) is 4.98 Å². The number of thiazole rings is 1. The summed E-state index contributed by atoms with van der Waals surface area (Å²) in [5, 5.41) is 17.9. The van der Waals surface area contributed by atoms with Crippen molar-refractivity contribution in [3.8, 4) is 11.3 Å². The average Bonchev–Trinajstić information content (AvgIpc) is 3.03. The molecular formula is C16H18N4O2S. The Morgan fingerprint density at radius 2 is 2.13 bits per heavy atom. The molecule has 0 unspecified atom stereocenters. The van der Waals surface area contributed by atoms with Gasteiger partial charge in [-0.2, -0.15) is 5.10 Å². The minimum absolute atomic E-state index is 0.0833. The largest absolute Gasteiger partial charge is 0.269 e. The first-order valence-electron chi connectivity index (χ1n) is 7.66. The Labute approximate surface area is 138 Å². The van der Waals surface area contributed by atoms with E-state index in [0.29, 0.717) is 5.92 Å². The highest BCUT2D eigenvalue weighted by molar-refractivity contribution is 7.14. The average molecular weight is 330 g/mol. The van der Waals surface area contributed by atoms with Gasteiger partial charge in [0.15, 0.2) is 0 Å². The highest BCUT2D eigenvalue weighted by atomic mass is 32.1. The molecule has 0 spiro atoms. The maximum atomic E-state index is 10.7. The van der Waals surface area contributed by atoms with E-state index in [1.165, 1.54) is 48.4 Å². The summed E-state index contributed by atoms with van der Waals surface area (Å²) < 4.78 is 0. The summed E-state index contributed by atoms with van der Waals surface area (Å²) in [6.07, 6.45) is 4.74. The zero-order valence-corrected chi connectivity index (χ0v) is 13.7. The van der Waals surface area contributed by atoms with Crippen LogP contribution in [0.5, 0.6) is 0 Å². The Bertz CT molecular complexity index is 724. The van der Waals surface area contributed by atoms with Crippen LogP contribution in [0.15, 0.2) is 34.7 Å². The molecule has 1 saturated carbocycles. The molecular weight excluding hydrogens is 312 g/mol. The van der Waals surface area contributed by atoms with Crippen molar-refractivity contribution >= 4 is 27.9 Å². The number of rotatable bonds is 4. The number of hydrazone groups is 1. The highest BCUT2D eigenvalue weighted by Gasteiger charge is 2.16. The van der Waals surface area contributed by atoms with Crippen molar-refractivity contribution in [1.82, 2.24) is 4.98 Å². The molecule has 1 N–H and O–H groups in total. The molecule has 0 bridgehead atoms. The lowest BCUT2D eigenvalue weighted by Gasteiger charge is -2.19. The van der Waals surface area contributed by atoms with Crippen LogP contribution in [0, 0.1) is 16.0 Å². The topological polar surface area (TPSA) is 80.4 Å². The first-order valence-corrected chi connectivity index (χ1v) is 8.54. The Hall–Kier alpha value is -2.28. The van der Waals surface area contributed by atoms with Crippen LogP contribution in [0.1, 0.15) is 32.6 Å². The normalized spacial score (nSPS) is 19.7. The van der Waals surface area contributed by atoms with Crippen LogP contribution < -0.4 is 5.43 Å². The fourth-order valence-corrected chi connectivity index (χ4v) is 3.33. The van der Waals surface area contributed by atoms with Crippen molar-refractivity contribution in [1.29, 1.82) is 0 Å². The molecule has 1 aliphatic rings. The molecule has 1 aliphatic carbocycles. The van der Waals surface area contributed by atoms with E-state index >= 15 is 0 Å². The fraction of sp³-hybridized carbons (Fsp3) is 0.375. The molecule has 6 nitrogen and oxygen atoms in total. The Morgan fingerprint density at radius 1 is 1.35 bits per heavy atom. The van der Waals surface area contributed by atoms with Gasteiger partial charge in [0, 0.05) is 28.8 Å². The number of nitro groups is 1. The molecule has 1 aromatic carbocycles. The summed E-state index contributed by atoms with van der Waals surface area (Å²) in [5.41, 5.74) is 6.00. The van der Waals surface area contributed by atoms with Crippen LogP contribution >= 0.6 is 11.3 Å². The molecule has 1 heterocycles. The first-order chi connectivity index (χ1) is 11.1. The first kappa shape index (κ1) is 15.6. The second-order valence-corrected chi connectivity index (χ2v) is 6.56. The van der Waals surface area contributed by atoms with Gasteiger partial charge in [0.25, 0.3) is 5.69 Å². The lowest BCUT2D eigenvalue weighted by Crippen LogP contribution is -2.17. The van der Waals surface area contributed by atoms with Gasteiger partial charge in [-0.1, -0.05) is 13.3 Å². The third-order valence-corrected chi connectivity index (χ3v) is 4.81. The monoisotopic (exact) mass is 330 g/mol. The number of hydrogen-bond donors (Lipinski definition) is 1. The molecule has 7 heteroatoms. The summed E-state index contributed by atoms with van der Waals surface area (Å²) >= 11 is 1.48. The lowest BCUT2D eigenvalue weighted by molar-refractivity contribution is -0.384. The fourth-order valence-electron chi connectivity index (χ4n) is 2.67. The van der Waals surface area contributed by atoms with Crippen molar-refractivity contribution < 1.29 is 4.92 Å². The number of nitro benzene ring substituents is 1. The van der Waals surface area contributed by atoms with Crippen molar-refractivity contribution in [2.45, 2.75) is 32.6 Å². The van der Waals surface area contributed by atoms with E-state index in [-0.39, 0.29) is 5.69 Å². The number of anilines is 1. The molecule has 0 radical (unpaired) electrons. The van der Waals surface area contributed by atoms with E-state index in [4.69, 9.17) is 0 Å². The van der Waals surface area contributed by atoms with Crippen LogP contribution in [-0.2, 0) is 0 Å². The van der Waals surface area contributed by atoms with E-state index < -0.39 is 4.92 Å². The molecule has 120 valence electrons. The van der Waals surface area contributed by atoms with Crippen LogP contribution in [0.2, 0.25) is 0 Å². The van der Waals surface area contributed by atoms with Gasteiger partial charge in [-0.05, 0) is 37.3 Å². The number of nitrogens with zero attached hydrogens (tertiary/aromatic N) is 3. The second-order valence-electron chi connectivity index (χ2n) is 5.70. The van der Waals surface area contributed by atoms with E-state index in [9.17, 15) is 10.1 Å². The Kier molecular flexibility index (Phi) is 4.66. The van der Waals surface area contributed by atoms with Crippen LogP contribution in [0.3, 0.4) is 0 Å². The summed E-state index contributed by atoms with van der Waals surface area (Å²) in [6, 6.07) is 6.41. The zero-order valence-electron chi connectivity index (χ0n) is 12.9. The lowest BCUT2D eigenvalue weighted by atomic mass is 9.89.